The molecule has 1 atom stereocenters. The molecule has 0 fully saturated rings. The average molecular weight is 272 g/mol. The lowest BCUT2D eigenvalue weighted by molar-refractivity contribution is 0.228. The summed E-state index contributed by atoms with van der Waals surface area (Å²) >= 11 is 0. The van der Waals surface area contributed by atoms with Gasteiger partial charge in [-0.1, -0.05) is 24.2 Å². The highest BCUT2D eigenvalue weighted by molar-refractivity contribution is 5.82. The summed E-state index contributed by atoms with van der Waals surface area (Å²) < 4.78 is 40.7. The van der Waals surface area contributed by atoms with Crippen molar-refractivity contribution in [2.45, 2.75) is 18.9 Å². The molecule has 2 aliphatic rings. The quantitative estimate of drug-likeness (QED) is 0.725. The van der Waals surface area contributed by atoms with E-state index < -0.39 is 17.5 Å². The van der Waals surface area contributed by atoms with Gasteiger partial charge in [0.15, 0.2) is 11.5 Å². The zero-order chi connectivity index (χ0) is 18.2. The van der Waals surface area contributed by atoms with Crippen molar-refractivity contribution in [1.29, 1.82) is 0 Å². The Balaban J connectivity index is 2.20. The fraction of sp³-hybridized carbons (Fsp3) is 0.294. The fourth-order valence-corrected chi connectivity index (χ4v) is 3.27. The lowest BCUT2D eigenvalue weighted by atomic mass is 9.77. The number of hydrogen-bond donors (Lipinski definition) is 2. The van der Waals surface area contributed by atoms with Crippen LogP contribution in [0, 0.1) is 0 Å². The van der Waals surface area contributed by atoms with Gasteiger partial charge in [-0.15, -0.1) is 0 Å². The van der Waals surface area contributed by atoms with Crippen LogP contribution >= 0.6 is 0 Å². The molecule has 1 heterocycles. The summed E-state index contributed by atoms with van der Waals surface area (Å²) in [6, 6.07) is -1.14. The van der Waals surface area contributed by atoms with Gasteiger partial charge in [0.25, 0.3) is 0 Å². The minimum Gasteiger partial charge on any atom is -0.504 e. The molecule has 1 aliphatic heterocycles. The predicted molar refractivity (Wildman–Crippen MR) is 78.0 cm³/mol. The molecule has 2 N–H and O–H groups in total. The monoisotopic (exact) mass is 272 g/mol. The molecule has 102 valence electrons. The first kappa shape index (κ1) is 7.70. The molecule has 0 saturated heterocycles. The van der Waals surface area contributed by atoms with Gasteiger partial charge in [0, 0.05) is 18.2 Å². The third-order valence-electron chi connectivity index (χ3n) is 4.32. The number of aromatic hydroxyl groups is 2. The van der Waals surface area contributed by atoms with E-state index in [1.165, 1.54) is 0 Å². The van der Waals surface area contributed by atoms with E-state index in [-0.39, 0.29) is 35.8 Å². The minimum atomic E-state index is -0.680. The Morgan fingerprint density at radius 3 is 2.90 bits per heavy atom. The topological polar surface area (TPSA) is 43.7 Å². The highest BCUT2D eigenvalue weighted by atomic mass is 16.3. The second-order valence-corrected chi connectivity index (χ2v) is 5.39. The molecule has 0 bridgehead atoms. The number of fused-ring (bicyclic) bond motifs is 2. The van der Waals surface area contributed by atoms with E-state index in [9.17, 15) is 10.2 Å². The number of hydrogen-bond acceptors (Lipinski definition) is 3. The SMILES string of the molecule is [2H]c1c([2H])c2c3c(c1[2H])-c1c(O)c(O)c([2H])c([2H])c1C[C@H]3N(C)CC2. The number of benzene rings is 2. The van der Waals surface area contributed by atoms with Crippen LogP contribution in [0.3, 0.4) is 0 Å². The van der Waals surface area contributed by atoms with Crippen molar-refractivity contribution >= 4 is 0 Å². The van der Waals surface area contributed by atoms with Crippen LogP contribution in [0.2, 0.25) is 0 Å². The summed E-state index contributed by atoms with van der Waals surface area (Å²) in [6.07, 6.45) is 0.938. The van der Waals surface area contributed by atoms with Gasteiger partial charge >= 0.3 is 0 Å². The summed E-state index contributed by atoms with van der Waals surface area (Å²) in [6.45, 7) is 0.695. The number of likely N-dealkylation sites (N-methyl/N-ethyl adjacent to an activating group) is 1. The van der Waals surface area contributed by atoms with Gasteiger partial charge in [0.1, 0.15) is 0 Å². The molecular weight excluding hydrogens is 250 g/mol. The Bertz CT molecular complexity index is 944. The molecule has 3 nitrogen and oxygen atoms in total. The molecule has 0 spiro atoms. The molecule has 1 aliphatic carbocycles. The maximum atomic E-state index is 10.5. The van der Waals surface area contributed by atoms with E-state index in [0.717, 1.165) is 5.56 Å². The zero-order valence-electron chi connectivity index (χ0n) is 16.0. The largest absolute Gasteiger partial charge is 0.504 e. The maximum Gasteiger partial charge on any atom is 0.165 e. The molecule has 3 heteroatoms. The molecule has 0 unspecified atom stereocenters. The first-order valence-electron chi connectivity index (χ1n) is 9.12. The minimum absolute atomic E-state index is 0.0391. The first-order valence-corrected chi connectivity index (χ1v) is 6.62. The number of phenolic OH excluding ortho intramolecular Hbond substituents is 2. The van der Waals surface area contributed by atoms with Crippen LogP contribution in [-0.4, -0.2) is 28.7 Å². The standard InChI is InChI=1S/C17H17NO2/c1-18-8-7-10-3-2-4-12-15(10)13(18)9-11-5-6-14(19)17(20)16(11)12/h2-6,13,19-20H,7-9H2,1H3/t13-/m1/s1/i2D,3D,4D,5D,6D. The molecular formula is C17H17NO2. The maximum absolute atomic E-state index is 10.5. The summed E-state index contributed by atoms with van der Waals surface area (Å²) in [7, 11) is 1.93. The molecule has 0 saturated carbocycles. The van der Waals surface area contributed by atoms with E-state index in [0.29, 0.717) is 36.1 Å². The highest BCUT2D eigenvalue weighted by Gasteiger charge is 2.33. The Hall–Kier alpha value is -2.00. The second kappa shape index (κ2) is 4.00. The van der Waals surface area contributed by atoms with Gasteiger partial charge in [-0.2, -0.15) is 0 Å². The summed E-state index contributed by atoms with van der Waals surface area (Å²) in [5, 5.41) is 20.5. The first-order chi connectivity index (χ1) is 11.8. The fourth-order valence-electron chi connectivity index (χ4n) is 3.27. The number of rotatable bonds is 0. The Labute approximate surface area is 125 Å². The van der Waals surface area contributed by atoms with E-state index in [2.05, 4.69) is 4.90 Å². The van der Waals surface area contributed by atoms with Crippen LogP contribution in [0.5, 0.6) is 11.5 Å². The van der Waals surface area contributed by atoms with Gasteiger partial charge in [-0.25, -0.2) is 0 Å². The van der Waals surface area contributed by atoms with E-state index >= 15 is 0 Å². The third-order valence-corrected chi connectivity index (χ3v) is 4.32. The number of phenols is 2. The van der Waals surface area contributed by atoms with E-state index in [1.54, 1.807) is 0 Å². The summed E-state index contributed by atoms with van der Waals surface area (Å²) in [4.78, 5) is 2.07. The van der Waals surface area contributed by atoms with Crippen LogP contribution in [0.15, 0.2) is 30.2 Å². The normalized spacial score (nSPS) is 23.9. The molecule has 4 rings (SSSR count). The molecule has 0 amide bonds. The van der Waals surface area contributed by atoms with Crippen molar-refractivity contribution < 1.29 is 17.1 Å². The van der Waals surface area contributed by atoms with Crippen LogP contribution in [0.1, 0.15) is 29.6 Å². The molecule has 0 aromatic heterocycles. The van der Waals surface area contributed by atoms with Gasteiger partial charge in [0.2, 0.25) is 0 Å². The van der Waals surface area contributed by atoms with Crippen molar-refractivity contribution in [3.05, 3.63) is 46.9 Å². The molecule has 2 aromatic rings. The van der Waals surface area contributed by atoms with Crippen molar-refractivity contribution in [2.24, 2.45) is 0 Å². The van der Waals surface area contributed by atoms with Gasteiger partial charge in [-0.3, -0.25) is 4.90 Å². The Morgan fingerprint density at radius 2 is 2.05 bits per heavy atom. The van der Waals surface area contributed by atoms with Crippen molar-refractivity contribution in [1.82, 2.24) is 4.90 Å². The lowest BCUT2D eigenvalue weighted by Crippen LogP contribution is -2.35. The van der Waals surface area contributed by atoms with Gasteiger partial charge in [-0.05, 0) is 48.2 Å². The van der Waals surface area contributed by atoms with E-state index in [1.807, 2.05) is 7.05 Å². The van der Waals surface area contributed by atoms with Gasteiger partial charge < -0.3 is 10.2 Å². The second-order valence-electron chi connectivity index (χ2n) is 5.39. The summed E-state index contributed by atoms with van der Waals surface area (Å²) in [5.41, 5.74) is 2.32. The van der Waals surface area contributed by atoms with Crippen molar-refractivity contribution in [2.75, 3.05) is 13.6 Å². The average Bonchev–Trinajstić information content (AvgIpc) is 2.60. The molecule has 20 heavy (non-hydrogen) atoms. The van der Waals surface area contributed by atoms with Crippen molar-refractivity contribution in [3.63, 3.8) is 0 Å². The Kier molecular flexibility index (Phi) is 1.54. The lowest BCUT2D eigenvalue weighted by Gasteiger charge is -2.39. The molecule has 0 radical (unpaired) electrons. The van der Waals surface area contributed by atoms with Crippen LogP contribution in [0.4, 0.5) is 0 Å². The van der Waals surface area contributed by atoms with Crippen LogP contribution in [-0.2, 0) is 12.8 Å². The van der Waals surface area contributed by atoms with Gasteiger partial charge in [0.05, 0.1) is 6.85 Å². The predicted octanol–water partition coefficient (Wildman–Crippen LogP) is 2.85. The van der Waals surface area contributed by atoms with E-state index in [4.69, 9.17) is 6.85 Å². The molecule has 2 aromatic carbocycles. The summed E-state index contributed by atoms with van der Waals surface area (Å²) in [5.74, 6) is -1.20. The zero-order valence-corrected chi connectivity index (χ0v) is 11.0. The number of nitrogens with zero attached hydrogens (tertiary/aromatic N) is 1. The Morgan fingerprint density at radius 1 is 1.20 bits per heavy atom. The third kappa shape index (κ3) is 1.44. The van der Waals surface area contributed by atoms with Crippen molar-refractivity contribution in [3.8, 4) is 22.6 Å². The smallest absolute Gasteiger partial charge is 0.165 e. The highest BCUT2D eigenvalue weighted by Crippen LogP contribution is 2.49. The van der Waals surface area contributed by atoms with Crippen LogP contribution < -0.4 is 0 Å². The van der Waals surface area contributed by atoms with Crippen LogP contribution in [0.25, 0.3) is 11.1 Å².